The molecule has 0 bridgehead atoms. The first-order valence-corrected chi connectivity index (χ1v) is 8.86. The molecule has 0 aliphatic heterocycles. The third-order valence-electron chi connectivity index (χ3n) is 4.07. The summed E-state index contributed by atoms with van der Waals surface area (Å²) in [6.45, 7) is 2.69. The molecule has 0 saturated carbocycles. The number of carboxylic acid groups (broad SMARTS) is 1. The molecule has 0 aromatic carbocycles. The van der Waals surface area contributed by atoms with Crippen LogP contribution in [0.1, 0.15) is 39.3 Å². The van der Waals surface area contributed by atoms with Crippen LogP contribution in [0.3, 0.4) is 0 Å². The fraction of sp³-hybridized carbons (Fsp3) is 0.438. The average molecular weight is 405 g/mol. The Morgan fingerprint density at radius 2 is 2.16 bits per heavy atom. The lowest BCUT2D eigenvalue weighted by Gasteiger charge is -2.12. The Balaban J connectivity index is 0.00000156. The largest absolute Gasteiger partial charge is 0.478 e. The molecule has 3 N–H and O–H groups in total. The van der Waals surface area contributed by atoms with Crippen LogP contribution in [0.15, 0.2) is 12.5 Å². The third kappa shape index (κ3) is 5.03. The Kier molecular flexibility index (Phi) is 8.55. The molecule has 2 heterocycles. The number of pyridine rings is 1. The highest BCUT2D eigenvalue weighted by Crippen LogP contribution is 2.28. The standard InChI is InChI=1S/C16H20N4O2S.2ClH/c1-10-13(20-9-19-10)8-23-6-5-17-15-14(16(21)22)12-4-2-3-11(12)7-18-15;;/h7,9H,2-6,8H2,1H3,(H,17,18)(H,19,20)(H,21,22);2*1H. The van der Waals surface area contributed by atoms with E-state index in [0.717, 1.165) is 53.3 Å². The topological polar surface area (TPSA) is 90.9 Å². The number of carboxylic acids is 1. The van der Waals surface area contributed by atoms with Crippen molar-refractivity contribution in [2.45, 2.75) is 31.9 Å². The first kappa shape index (κ1) is 21.6. The minimum atomic E-state index is -0.890. The molecule has 1 aliphatic carbocycles. The highest BCUT2D eigenvalue weighted by Gasteiger charge is 2.23. The summed E-state index contributed by atoms with van der Waals surface area (Å²) in [5, 5.41) is 12.7. The quantitative estimate of drug-likeness (QED) is 0.611. The van der Waals surface area contributed by atoms with Gasteiger partial charge in [-0.15, -0.1) is 24.8 Å². The first-order valence-electron chi connectivity index (χ1n) is 7.71. The molecular formula is C16H22Cl2N4O2S. The average Bonchev–Trinajstić information content (AvgIpc) is 3.15. The van der Waals surface area contributed by atoms with E-state index in [2.05, 4.69) is 20.3 Å². The number of thioether (sulfide) groups is 1. The van der Waals surface area contributed by atoms with Gasteiger partial charge < -0.3 is 15.4 Å². The number of hydrogen-bond donors (Lipinski definition) is 3. The lowest BCUT2D eigenvalue weighted by atomic mass is 10.1. The number of fused-ring (bicyclic) bond motifs is 1. The zero-order valence-corrected chi connectivity index (χ0v) is 16.3. The van der Waals surface area contributed by atoms with E-state index in [1.54, 1.807) is 18.1 Å². The molecule has 0 spiro atoms. The number of carbonyl (C=O) groups is 1. The zero-order chi connectivity index (χ0) is 16.2. The molecule has 0 atom stereocenters. The van der Waals surface area contributed by atoms with E-state index in [9.17, 15) is 9.90 Å². The third-order valence-corrected chi connectivity index (χ3v) is 5.04. The van der Waals surface area contributed by atoms with Gasteiger partial charge in [0.1, 0.15) is 11.4 Å². The van der Waals surface area contributed by atoms with Crippen molar-refractivity contribution in [1.82, 2.24) is 15.0 Å². The van der Waals surface area contributed by atoms with Crippen LogP contribution in [0.25, 0.3) is 0 Å². The summed E-state index contributed by atoms with van der Waals surface area (Å²) in [6.07, 6.45) is 6.30. The van der Waals surface area contributed by atoms with Crippen LogP contribution in [-0.2, 0) is 18.6 Å². The van der Waals surface area contributed by atoms with Crippen LogP contribution in [0.4, 0.5) is 5.82 Å². The van der Waals surface area contributed by atoms with Gasteiger partial charge in [-0.3, -0.25) is 0 Å². The van der Waals surface area contributed by atoms with E-state index in [-0.39, 0.29) is 24.8 Å². The van der Waals surface area contributed by atoms with Gasteiger partial charge in [0.25, 0.3) is 0 Å². The molecule has 3 rings (SSSR count). The highest BCUT2D eigenvalue weighted by molar-refractivity contribution is 7.98. The molecule has 9 heteroatoms. The Hall–Kier alpha value is -1.44. The van der Waals surface area contributed by atoms with Crippen molar-refractivity contribution in [2.24, 2.45) is 0 Å². The number of aromatic amines is 1. The molecule has 0 radical (unpaired) electrons. The van der Waals surface area contributed by atoms with Crippen LogP contribution in [0.2, 0.25) is 0 Å². The van der Waals surface area contributed by atoms with Gasteiger partial charge in [0.05, 0.1) is 12.0 Å². The number of nitrogens with one attached hydrogen (secondary N) is 2. The maximum atomic E-state index is 11.6. The minimum absolute atomic E-state index is 0. The van der Waals surface area contributed by atoms with Crippen LogP contribution in [-0.4, -0.2) is 38.3 Å². The molecule has 138 valence electrons. The van der Waals surface area contributed by atoms with Gasteiger partial charge in [-0.2, -0.15) is 11.8 Å². The molecule has 0 fully saturated rings. The summed E-state index contributed by atoms with van der Waals surface area (Å²) >= 11 is 1.76. The summed E-state index contributed by atoms with van der Waals surface area (Å²) < 4.78 is 0. The smallest absolute Gasteiger partial charge is 0.339 e. The maximum absolute atomic E-state index is 11.6. The molecule has 6 nitrogen and oxygen atoms in total. The number of H-pyrrole nitrogens is 1. The molecule has 25 heavy (non-hydrogen) atoms. The number of aromatic carboxylic acids is 1. The summed E-state index contributed by atoms with van der Waals surface area (Å²) in [6, 6.07) is 0. The van der Waals surface area contributed by atoms with Crippen LogP contribution in [0, 0.1) is 6.92 Å². The van der Waals surface area contributed by atoms with Gasteiger partial charge in [-0.05, 0) is 37.3 Å². The van der Waals surface area contributed by atoms with Crippen molar-refractivity contribution >= 4 is 48.4 Å². The monoisotopic (exact) mass is 404 g/mol. The van der Waals surface area contributed by atoms with Crippen molar-refractivity contribution in [3.8, 4) is 0 Å². The number of hydrogen-bond acceptors (Lipinski definition) is 5. The summed E-state index contributed by atoms with van der Waals surface area (Å²) in [7, 11) is 0. The second-order valence-electron chi connectivity index (χ2n) is 5.60. The van der Waals surface area contributed by atoms with Crippen LogP contribution >= 0.6 is 36.6 Å². The van der Waals surface area contributed by atoms with Gasteiger partial charge in [-0.1, -0.05) is 0 Å². The lowest BCUT2D eigenvalue weighted by Crippen LogP contribution is -2.13. The second kappa shape index (κ2) is 9.89. The van der Waals surface area contributed by atoms with Crippen molar-refractivity contribution in [3.05, 3.63) is 40.6 Å². The number of nitrogens with zero attached hydrogens (tertiary/aromatic N) is 2. The number of anilines is 1. The Bertz CT molecular complexity index is 724. The van der Waals surface area contributed by atoms with Gasteiger partial charge in [0.2, 0.25) is 0 Å². The van der Waals surface area contributed by atoms with Crippen molar-refractivity contribution in [1.29, 1.82) is 0 Å². The highest BCUT2D eigenvalue weighted by atomic mass is 35.5. The molecule has 0 amide bonds. The maximum Gasteiger partial charge on any atom is 0.339 e. The van der Waals surface area contributed by atoms with E-state index in [0.29, 0.717) is 17.9 Å². The summed E-state index contributed by atoms with van der Waals surface area (Å²) in [5.74, 6) is 1.32. The van der Waals surface area contributed by atoms with Gasteiger partial charge in [-0.25, -0.2) is 14.8 Å². The number of aromatic nitrogens is 3. The molecule has 2 aromatic rings. The van der Waals surface area contributed by atoms with Crippen molar-refractivity contribution in [2.75, 3.05) is 17.6 Å². The normalized spacial score (nSPS) is 12.0. The number of imidazole rings is 1. The molecule has 2 aromatic heterocycles. The summed E-state index contributed by atoms with van der Waals surface area (Å²) in [4.78, 5) is 23.2. The minimum Gasteiger partial charge on any atom is -0.478 e. The number of aryl methyl sites for hydroxylation is 2. The Morgan fingerprint density at radius 1 is 1.36 bits per heavy atom. The van der Waals surface area contributed by atoms with Crippen LogP contribution in [0.5, 0.6) is 0 Å². The second-order valence-corrected chi connectivity index (χ2v) is 6.70. The van der Waals surface area contributed by atoms with Gasteiger partial charge in [0.15, 0.2) is 0 Å². The SMILES string of the molecule is Cc1[nH]cnc1CSCCNc1ncc2c(c1C(=O)O)CCC2.Cl.Cl. The lowest BCUT2D eigenvalue weighted by molar-refractivity contribution is 0.0696. The van der Waals surface area contributed by atoms with Crippen molar-refractivity contribution < 1.29 is 9.90 Å². The fourth-order valence-corrected chi connectivity index (χ4v) is 3.73. The molecule has 0 saturated heterocycles. The van der Waals surface area contributed by atoms with E-state index >= 15 is 0 Å². The van der Waals surface area contributed by atoms with Crippen molar-refractivity contribution in [3.63, 3.8) is 0 Å². The van der Waals surface area contributed by atoms with E-state index in [1.165, 1.54) is 0 Å². The van der Waals surface area contributed by atoms with E-state index < -0.39 is 5.97 Å². The predicted molar refractivity (Wildman–Crippen MR) is 106 cm³/mol. The Morgan fingerprint density at radius 3 is 2.84 bits per heavy atom. The first-order chi connectivity index (χ1) is 11.2. The number of halogens is 2. The number of rotatable bonds is 7. The summed E-state index contributed by atoms with van der Waals surface area (Å²) in [5.41, 5.74) is 4.55. The predicted octanol–water partition coefficient (Wildman–Crippen LogP) is 3.49. The van der Waals surface area contributed by atoms with Gasteiger partial charge >= 0.3 is 5.97 Å². The zero-order valence-electron chi connectivity index (χ0n) is 13.9. The van der Waals surface area contributed by atoms with E-state index in [4.69, 9.17) is 0 Å². The molecule has 0 unspecified atom stereocenters. The Labute approximate surface area is 163 Å². The molecule has 1 aliphatic rings. The van der Waals surface area contributed by atoms with Crippen LogP contribution < -0.4 is 5.32 Å². The van der Waals surface area contributed by atoms with Gasteiger partial charge in [0, 0.05) is 29.9 Å². The van der Waals surface area contributed by atoms with E-state index in [1.807, 2.05) is 13.1 Å². The fourth-order valence-electron chi connectivity index (χ4n) is 2.85. The molecular weight excluding hydrogens is 383 g/mol.